The van der Waals surface area contributed by atoms with Crippen LogP contribution in [-0.2, 0) is 6.54 Å². The maximum Gasteiger partial charge on any atom is 0.169 e. The first-order valence-corrected chi connectivity index (χ1v) is 6.15. The summed E-state index contributed by atoms with van der Waals surface area (Å²) >= 11 is 3.16. The Bertz CT molecular complexity index is 625. The lowest BCUT2D eigenvalue weighted by atomic mass is 10.2. The Labute approximate surface area is 117 Å². The monoisotopic (exact) mass is 326 g/mol. The fourth-order valence-electron chi connectivity index (χ4n) is 1.74. The molecular formula is C13H9BrF2N2O. The van der Waals surface area contributed by atoms with E-state index in [1.807, 2.05) is 0 Å². The molecule has 0 radical (unpaired) electrons. The van der Waals surface area contributed by atoms with E-state index >= 15 is 0 Å². The Hall–Kier alpha value is -1.87. The number of hydrogen-bond acceptors (Lipinski definition) is 3. The minimum absolute atomic E-state index is 0.0482. The number of furan rings is 1. The molecule has 2 aromatic rings. The second-order valence-corrected chi connectivity index (χ2v) is 4.74. The van der Waals surface area contributed by atoms with Crippen molar-refractivity contribution in [2.75, 3.05) is 11.9 Å². The number of hydrogen-bond donors (Lipinski definition) is 0. The molecule has 0 aliphatic carbocycles. The first-order chi connectivity index (χ1) is 9.01. The minimum atomic E-state index is -0.773. The quantitative estimate of drug-likeness (QED) is 0.860. The molecule has 1 aromatic carbocycles. The van der Waals surface area contributed by atoms with Crippen LogP contribution in [0, 0.1) is 23.0 Å². The summed E-state index contributed by atoms with van der Waals surface area (Å²) in [6.45, 7) is 0.214. The summed E-state index contributed by atoms with van der Waals surface area (Å²) in [5.41, 5.74) is -0.237. The zero-order chi connectivity index (χ0) is 14.0. The third-order valence-electron chi connectivity index (χ3n) is 2.55. The van der Waals surface area contributed by atoms with Crippen molar-refractivity contribution in [1.29, 1.82) is 5.26 Å². The SMILES string of the molecule is CN(Cc1ccc(Br)o1)c1c(F)cc(C#N)cc1F. The van der Waals surface area contributed by atoms with Gasteiger partial charge >= 0.3 is 0 Å². The molecule has 2 rings (SSSR count). The van der Waals surface area contributed by atoms with E-state index in [4.69, 9.17) is 9.68 Å². The van der Waals surface area contributed by atoms with Gasteiger partial charge in [-0.2, -0.15) is 5.26 Å². The van der Waals surface area contributed by atoms with Crippen LogP contribution in [0.4, 0.5) is 14.5 Å². The Balaban J connectivity index is 2.29. The molecule has 6 heteroatoms. The smallest absolute Gasteiger partial charge is 0.169 e. The predicted octanol–water partition coefficient (Wildman–Crippen LogP) is 3.83. The molecule has 0 bridgehead atoms. The first-order valence-electron chi connectivity index (χ1n) is 5.35. The summed E-state index contributed by atoms with van der Waals surface area (Å²) < 4.78 is 33.4. The lowest BCUT2D eigenvalue weighted by molar-refractivity contribution is 0.482. The van der Waals surface area contributed by atoms with E-state index < -0.39 is 11.6 Å². The van der Waals surface area contributed by atoms with Crippen LogP contribution in [-0.4, -0.2) is 7.05 Å². The largest absolute Gasteiger partial charge is 0.452 e. The number of anilines is 1. The van der Waals surface area contributed by atoms with E-state index in [0.717, 1.165) is 12.1 Å². The molecule has 0 saturated carbocycles. The molecule has 1 heterocycles. The van der Waals surface area contributed by atoms with Gasteiger partial charge in [0.05, 0.1) is 18.2 Å². The van der Waals surface area contributed by atoms with Gasteiger partial charge < -0.3 is 9.32 Å². The van der Waals surface area contributed by atoms with Crippen LogP contribution in [0.5, 0.6) is 0 Å². The summed E-state index contributed by atoms with van der Waals surface area (Å²) in [7, 11) is 1.55. The molecule has 0 aliphatic rings. The Morgan fingerprint density at radius 1 is 1.32 bits per heavy atom. The highest BCUT2D eigenvalue weighted by atomic mass is 79.9. The molecule has 1 aromatic heterocycles. The zero-order valence-electron chi connectivity index (χ0n) is 9.95. The van der Waals surface area contributed by atoms with E-state index in [0.29, 0.717) is 10.4 Å². The Kier molecular flexibility index (Phi) is 3.86. The van der Waals surface area contributed by atoms with Gasteiger partial charge in [-0.1, -0.05) is 0 Å². The van der Waals surface area contributed by atoms with Crippen molar-refractivity contribution in [1.82, 2.24) is 0 Å². The average Bonchev–Trinajstić information content (AvgIpc) is 2.73. The van der Waals surface area contributed by atoms with E-state index in [9.17, 15) is 8.78 Å². The van der Waals surface area contributed by atoms with Crippen molar-refractivity contribution in [3.8, 4) is 6.07 Å². The zero-order valence-corrected chi connectivity index (χ0v) is 11.5. The first kappa shape index (κ1) is 13.6. The third-order valence-corrected chi connectivity index (χ3v) is 2.98. The second-order valence-electron chi connectivity index (χ2n) is 3.96. The van der Waals surface area contributed by atoms with Crippen LogP contribution in [0.15, 0.2) is 33.4 Å². The summed E-state index contributed by atoms with van der Waals surface area (Å²) in [6, 6.07) is 7.13. The highest BCUT2D eigenvalue weighted by Gasteiger charge is 2.16. The van der Waals surface area contributed by atoms with E-state index in [1.54, 1.807) is 25.2 Å². The molecule has 0 fully saturated rings. The van der Waals surface area contributed by atoms with Gasteiger partial charge in [-0.25, -0.2) is 8.78 Å². The van der Waals surface area contributed by atoms with Crippen molar-refractivity contribution in [2.24, 2.45) is 0 Å². The number of rotatable bonds is 3. The van der Waals surface area contributed by atoms with Crippen LogP contribution in [0.1, 0.15) is 11.3 Å². The van der Waals surface area contributed by atoms with Crippen LogP contribution >= 0.6 is 15.9 Å². The molecule has 0 aliphatic heterocycles. The standard InChI is InChI=1S/C13H9BrF2N2O/c1-18(7-9-2-3-12(14)19-9)13-10(15)4-8(6-17)5-11(13)16/h2-5H,7H2,1H3. The topological polar surface area (TPSA) is 40.2 Å². The number of halogens is 3. The van der Waals surface area contributed by atoms with Crippen molar-refractivity contribution in [3.63, 3.8) is 0 Å². The predicted molar refractivity (Wildman–Crippen MR) is 69.6 cm³/mol. The molecule has 0 saturated heterocycles. The summed E-state index contributed by atoms with van der Waals surface area (Å²) in [4.78, 5) is 1.39. The lowest BCUT2D eigenvalue weighted by Crippen LogP contribution is -2.19. The lowest BCUT2D eigenvalue weighted by Gasteiger charge is -2.19. The fourth-order valence-corrected chi connectivity index (χ4v) is 2.08. The summed E-state index contributed by atoms with van der Waals surface area (Å²) in [5.74, 6) is -0.980. The van der Waals surface area contributed by atoms with Crippen LogP contribution in [0.3, 0.4) is 0 Å². The average molecular weight is 327 g/mol. The molecule has 19 heavy (non-hydrogen) atoms. The maximum atomic E-state index is 13.8. The fraction of sp³-hybridized carbons (Fsp3) is 0.154. The molecule has 0 spiro atoms. The highest BCUT2D eigenvalue weighted by Crippen LogP contribution is 2.26. The van der Waals surface area contributed by atoms with Crippen molar-refractivity contribution < 1.29 is 13.2 Å². The van der Waals surface area contributed by atoms with Gasteiger partial charge in [-0.3, -0.25) is 0 Å². The van der Waals surface area contributed by atoms with Gasteiger partial charge in [0, 0.05) is 7.05 Å². The van der Waals surface area contributed by atoms with E-state index in [1.165, 1.54) is 4.90 Å². The molecule has 3 nitrogen and oxygen atoms in total. The maximum absolute atomic E-state index is 13.8. The molecule has 98 valence electrons. The summed E-state index contributed by atoms with van der Waals surface area (Å²) in [6.07, 6.45) is 0. The van der Waals surface area contributed by atoms with Crippen molar-refractivity contribution in [3.05, 3.63) is 51.9 Å². The Morgan fingerprint density at radius 2 is 1.95 bits per heavy atom. The van der Waals surface area contributed by atoms with Gasteiger partial charge in [-0.15, -0.1) is 0 Å². The second kappa shape index (κ2) is 5.41. The van der Waals surface area contributed by atoms with E-state index in [-0.39, 0.29) is 17.8 Å². The molecule has 0 atom stereocenters. The molecule has 0 amide bonds. The van der Waals surface area contributed by atoms with Crippen LogP contribution in [0.25, 0.3) is 0 Å². The van der Waals surface area contributed by atoms with Crippen LogP contribution < -0.4 is 4.90 Å². The summed E-state index contributed by atoms with van der Waals surface area (Å²) in [5, 5.41) is 8.64. The minimum Gasteiger partial charge on any atom is -0.452 e. The third kappa shape index (κ3) is 2.93. The van der Waals surface area contributed by atoms with Crippen molar-refractivity contribution >= 4 is 21.6 Å². The van der Waals surface area contributed by atoms with Crippen molar-refractivity contribution in [2.45, 2.75) is 6.54 Å². The van der Waals surface area contributed by atoms with Gasteiger partial charge in [0.25, 0.3) is 0 Å². The molecule has 0 N–H and O–H groups in total. The van der Waals surface area contributed by atoms with Crippen LogP contribution in [0.2, 0.25) is 0 Å². The van der Waals surface area contributed by atoms with Gasteiger partial charge in [0.1, 0.15) is 11.4 Å². The number of benzene rings is 1. The van der Waals surface area contributed by atoms with Gasteiger partial charge in [0.15, 0.2) is 16.3 Å². The molecular weight excluding hydrogens is 318 g/mol. The number of nitrogens with zero attached hydrogens (tertiary/aromatic N) is 2. The van der Waals surface area contributed by atoms with Gasteiger partial charge in [0.2, 0.25) is 0 Å². The number of nitriles is 1. The highest BCUT2D eigenvalue weighted by molar-refractivity contribution is 9.10. The molecule has 0 unspecified atom stereocenters. The Morgan fingerprint density at radius 3 is 2.42 bits per heavy atom. The van der Waals surface area contributed by atoms with E-state index in [2.05, 4.69) is 15.9 Å². The van der Waals surface area contributed by atoms with Gasteiger partial charge in [-0.05, 0) is 40.2 Å². The normalized spacial score (nSPS) is 10.3.